The molecule has 152 valence electrons. The maximum Gasteiger partial charge on any atom is 0.573 e. The minimum atomic E-state index is -4.77. The highest BCUT2D eigenvalue weighted by Gasteiger charge is 2.32. The fourth-order valence-electron chi connectivity index (χ4n) is 2.41. The molecule has 2 rings (SSSR count). The van der Waals surface area contributed by atoms with E-state index in [1.807, 2.05) is 18.2 Å². The first-order valence-electron chi connectivity index (χ1n) is 8.97. The Kier molecular flexibility index (Phi) is 8.61. The van der Waals surface area contributed by atoms with Crippen molar-refractivity contribution in [2.75, 3.05) is 25.1 Å². The van der Waals surface area contributed by atoms with Crippen molar-refractivity contribution in [1.29, 1.82) is 0 Å². The molecule has 0 spiro atoms. The van der Waals surface area contributed by atoms with Crippen molar-refractivity contribution in [1.82, 2.24) is 0 Å². The Morgan fingerprint density at radius 1 is 0.964 bits per heavy atom. The number of guanidine groups is 1. The molecule has 0 bridgehead atoms. The summed E-state index contributed by atoms with van der Waals surface area (Å²) in [5, 5.41) is 2.63. The molecule has 0 saturated heterocycles. The van der Waals surface area contributed by atoms with E-state index in [0.717, 1.165) is 19.3 Å². The Morgan fingerprint density at radius 2 is 1.68 bits per heavy atom. The van der Waals surface area contributed by atoms with Crippen molar-refractivity contribution < 1.29 is 22.6 Å². The van der Waals surface area contributed by atoms with Gasteiger partial charge in [0, 0.05) is 13.2 Å². The third kappa shape index (κ3) is 8.77. The number of nitrogens with zero attached hydrogens (tertiary/aromatic N) is 1. The van der Waals surface area contributed by atoms with Gasteiger partial charge in [-0.15, -0.1) is 13.2 Å². The summed E-state index contributed by atoms with van der Waals surface area (Å²) in [6, 6.07) is 15.8. The zero-order chi connectivity index (χ0) is 20.2. The molecule has 2 aromatic rings. The minimum Gasteiger partial charge on any atom is -0.404 e. The van der Waals surface area contributed by atoms with E-state index in [2.05, 4.69) is 27.2 Å². The van der Waals surface area contributed by atoms with Gasteiger partial charge >= 0.3 is 6.36 Å². The number of anilines is 1. The molecule has 0 aliphatic carbocycles. The number of aliphatic imine (C=N–C) groups is 1. The van der Waals surface area contributed by atoms with Crippen LogP contribution in [0.2, 0.25) is 0 Å². The van der Waals surface area contributed by atoms with Crippen molar-refractivity contribution in [3.05, 3.63) is 60.2 Å². The second-order valence-electron chi connectivity index (χ2n) is 5.99. The average molecular weight is 395 g/mol. The highest BCUT2D eigenvalue weighted by Crippen LogP contribution is 2.29. The van der Waals surface area contributed by atoms with Crippen molar-refractivity contribution in [3.63, 3.8) is 0 Å². The van der Waals surface area contributed by atoms with Crippen LogP contribution in [0.4, 0.5) is 18.9 Å². The summed E-state index contributed by atoms with van der Waals surface area (Å²) in [4.78, 5) is 4.11. The summed E-state index contributed by atoms with van der Waals surface area (Å²) in [5.74, 6) is -0.330. The van der Waals surface area contributed by atoms with Crippen LogP contribution < -0.4 is 15.8 Å². The van der Waals surface area contributed by atoms with Crippen LogP contribution >= 0.6 is 0 Å². The lowest BCUT2D eigenvalue weighted by Gasteiger charge is -2.14. The molecule has 28 heavy (non-hydrogen) atoms. The van der Waals surface area contributed by atoms with Crippen LogP contribution in [0.25, 0.3) is 0 Å². The fourth-order valence-corrected chi connectivity index (χ4v) is 2.41. The number of rotatable bonds is 10. The van der Waals surface area contributed by atoms with Gasteiger partial charge in [0.1, 0.15) is 0 Å². The summed E-state index contributed by atoms with van der Waals surface area (Å²) < 4.78 is 46.8. The summed E-state index contributed by atoms with van der Waals surface area (Å²) in [7, 11) is 0. The van der Waals surface area contributed by atoms with Gasteiger partial charge in [0.2, 0.25) is 0 Å². The number of hydrogen-bond donors (Lipinski definition) is 2. The predicted molar refractivity (Wildman–Crippen MR) is 103 cm³/mol. The largest absolute Gasteiger partial charge is 0.573 e. The molecular weight excluding hydrogens is 371 g/mol. The Bertz CT molecular complexity index is 737. The zero-order valence-corrected chi connectivity index (χ0v) is 15.4. The number of alkyl halides is 3. The van der Waals surface area contributed by atoms with Crippen LogP contribution in [-0.2, 0) is 11.2 Å². The molecular formula is C20H24F3N3O2. The lowest BCUT2D eigenvalue weighted by atomic mass is 10.2. The second kappa shape index (κ2) is 11.2. The van der Waals surface area contributed by atoms with E-state index in [4.69, 9.17) is 10.5 Å². The lowest BCUT2D eigenvalue weighted by Crippen LogP contribution is -2.24. The first-order valence-corrected chi connectivity index (χ1v) is 8.97. The molecule has 0 radical (unpaired) electrons. The number of nitrogens with two attached hydrogens (primary N) is 1. The van der Waals surface area contributed by atoms with Crippen LogP contribution in [0.5, 0.6) is 5.75 Å². The smallest absolute Gasteiger partial charge is 0.404 e. The third-order valence-corrected chi connectivity index (χ3v) is 3.73. The van der Waals surface area contributed by atoms with Gasteiger partial charge in [0.15, 0.2) is 11.7 Å². The van der Waals surface area contributed by atoms with Gasteiger partial charge in [-0.2, -0.15) is 0 Å². The Labute approximate surface area is 162 Å². The van der Waals surface area contributed by atoms with Crippen LogP contribution in [0.1, 0.15) is 18.4 Å². The van der Waals surface area contributed by atoms with Gasteiger partial charge in [0.05, 0.1) is 12.3 Å². The van der Waals surface area contributed by atoms with E-state index in [9.17, 15) is 13.2 Å². The molecule has 0 fully saturated rings. The molecule has 0 heterocycles. The molecule has 0 unspecified atom stereocenters. The Balaban J connectivity index is 1.64. The highest BCUT2D eigenvalue weighted by molar-refractivity contribution is 5.93. The SMILES string of the molecule is NC(=NCCCCOCCc1ccccc1)Nc1ccccc1OC(F)(F)F. The van der Waals surface area contributed by atoms with Gasteiger partial charge < -0.3 is 20.5 Å². The van der Waals surface area contributed by atoms with Gasteiger partial charge in [0.25, 0.3) is 0 Å². The molecule has 3 N–H and O–H groups in total. The Morgan fingerprint density at radius 3 is 2.43 bits per heavy atom. The first-order chi connectivity index (χ1) is 13.4. The maximum atomic E-state index is 12.4. The van der Waals surface area contributed by atoms with E-state index in [1.54, 1.807) is 6.07 Å². The van der Waals surface area contributed by atoms with Crippen LogP contribution in [-0.4, -0.2) is 32.1 Å². The van der Waals surface area contributed by atoms with Crippen LogP contribution in [0.15, 0.2) is 59.6 Å². The maximum absolute atomic E-state index is 12.4. The number of para-hydroxylation sites is 2. The van der Waals surface area contributed by atoms with E-state index < -0.39 is 6.36 Å². The molecule has 8 heteroatoms. The molecule has 0 aromatic heterocycles. The average Bonchev–Trinajstić information content (AvgIpc) is 2.65. The number of nitrogens with one attached hydrogen (secondary N) is 1. The van der Waals surface area contributed by atoms with E-state index >= 15 is 0 Å². The van der Waals surface area contributed by atoms with Gasteiger partial charge in [-0.05, 0) is 37.0 Å². The van der Waals surface area contributed by atoms with Gasteiger partial charge in [-0.1, -0.05) is 42.5 Å². The topological polar surface area (TPSA) is 68.9 Å². The normalized spacial score (nSPS) is 12.0. The predicted octanol–water partition coefficient (Wildman–Crippen LogP) is 4.35. The first kappa shape index (κ1) is 21.6. The highest BCUT2D eigenvalue weighted by atomic mass is 19.4. The monoisotopic (exact) mass is 395 g/mol. The number of unbranched alkanes of at least 4 members (excludes halogenated alkanes) is 1. The molecule has 0 atom stereocenters. The van der Waals surface area contributed by atoms with Gasteiger partial charge in [-0.25, -0.2) is 0 Å². The van der Waals surface area contributed by atoms with Crippen molar-refractivity contribution in [2.45, 2.75) is 25.6 Å². The summed E-state index contributed by atoms with van der Waals surface area (Å²) in [6.45, 7) is 1.73. The third-order valence-electron chi connectivity index (χ3n) is 3.73. The van der Waals surface area contributed by atoms with Crippen molar-refractivity contribution >= 4 is 11.6 Å². The number of hydrogen-bond acceptors (Lipinski definition) is 3. The fraction of sp³-hybridized carbons (Fsp3) is 0.350. The quantitative estimate of drug-likeness (QED) is 0.357. The summed E-state index contributed by atoms with van der Waals surface area (Å²) in [5.41, 5.74) is 7.07. The number of halogens is 3. The van der Waals surface area contributed by atoms with Crippen molar-refractivity contribution in [3.8, 4) is 5.75 Å². The second-order valence-corrected chi connectivity index (χ2v) is 5.99. The standard InChI is InChI=1S/C20H24F3N3O2/c21-20(22,23)28-18-11-5-4-10-17(18)26-19(24)25-13-6-7-14-27-15-12-16-8-2-1-3-9-16/h1-5,8-11H,6-7,12-15H2,(H3,24,25,26). The minimum absolute atomic E-state index is 0.0308. The molecule has 0 amide bonds. The van der Waals surface area contributed by atoms with Gasteiger partial charge in [-0.3, -0.25) is 4.99 Å². The Hall–Kier alpha value is -2.74. The lowest BCUT2D eigenvalue weighted by molar-refractivity contribution is -0.274. The molecule has 5 nitrogen and oxygen atoms in total. The van der Waals surface area contributed by atoms with E-state index in [1.165, 1.54) is 23.8 Å². The van der Waals surface area contributed by atoms with Crippen LogP contribution in [0, 0.1) is 0 Å². The molecule has 0 aliphatic rings. The molecule has 0 aliphatic heterocycles. The van der Waals surface area contributed by atoms with E-state index in [-0.39, 0.29) is 17.4 Å². The molecule has 0 saturated carbocycles. The zero-order valence-electron chi connectivity index (χ0n) is 15.4. The van der Waals surface area contributed by atoms with Crippen molar-refractivity contribution in [2.24, 2.45) is 10.7 Å². The number of ether oxygens (including phenoxy) is 2. The summed E-state index contributed by atoms with van der Waals surface area (Å²) >= 11 is 0. The molecule has 2 aromatic carbocycles. The summed E-state index contributed by atoms with van der Waals surface area (Å²) in [6.07, 6.45) is -2.33. The van der Waals surface area contributed by atoms with E-state index in [0.29, 0.717) is 19.8 Å². The number of benzene rings is 2. The van der Waals surface area contributed by atoms with Crippen LogP contribution in [0.3, 0.4) is 0 Å².